The minimum absolute atomic E-state index is 0.00314. The highest BCUT2D eigenvalue weighted by molar-refractivity contribution is 7.89. The van der Waals surface area contributed by atoms with Crippen molar-refractivity contribution < 1.29 is 26.3 Å². The van der Waals surface area contributed by atoms with E-state index in [2.05, 4.69) is 15.0 Å². The Morgan fingerprint density at radius 3 is 2.73 bits per heavy atom. The third-order valence-corrected chi connectivity index (χ3v) is 5.66. The maximum Gasteiger partial charge on any atom is 0.433 e. The normalized spacial score (nSPS) is 19.3. The van der Waals surface area contributed by atoms with Gasteiger partial charge in [0.1, 0.15) is 11.0 Å². The third kappa shape index (κ3) is 4.10. The highest BCUT2D eigenvalue weighted by Gasteiger charge is 2.34. The molecule has 0 N–H and O–H groups in total. The molecule has 140 valence electrons. The molecule has 3 rings (SSSR count). The SMILES string of the molecule is O=S(=O)(c1cccnc1)N1CCCC(Oc2nccc(C(F)(F)F)n2)C1. The number of rotatable bonds is 4. The highest BCUT2D eigenvalue weighted by atomic mass is 32.2. The van der Waals surface area contributed by atoms with Crippen molar-refractivity contribution in [2.24, 2.45) is 0 Å². The lowest BCUT2D eigenvalue weighted by Gasteiger charge is -2.31. The fourth-order valence-electron chi connectivity index (χ4n) is 2.57. The summed E-state index contributed by atoms with van der Waals surface area (Å²) in [6.07, 6.45) is -0.593. The Hall–Kier alpha value is -2.27. The zero-order chi connectivity index (χ0) is 18.8. The Kier molecular flexibility index (Phi) is 5.10. The van der Waals surface area contributed by atoms with Crippen molar-refractivity contribution in [2.75, 3.05) is 13.1 Å². The molecule has 2 aromatic heterocycles. The molecule has 7 nitrogen and oxygen atoms in total. The van der Waals surface area contributed by atoms with Gasteiger partial charge >= 0.3 is 12.2 Å². The van der Waals surface area contributed by atoms with Gasteiger partial charge in [0, 0.05) is 25.1 Å². The van der Waals surface area contributed by atoms with E-state index in [0.717, 1.165) is 12.3 Å². The van der Waals surface area contributed by atoms with Crippen LogP contribution in [0.2, 0.25) is 0 Å². The summed E-state index contributed by atoms with van der Waals surface area (Å²) >= 11 is 0. The van der Waals surface area contributed by atoms with Crippen molar-refractivity contribution in [3.05, 3.63) is 42.5 Å². The largest absolute Gasteiger partial charge is 0.459 e. The fraction of sp³-hybridized carbons (Fsp3) is 0.400. The number of aromatic nitrogens is 3. The highest BCUT2D eigenvalue weighted by Crippen LogP contribution is 2.28. The van der Waals surface area contributed by atoms with Crippen LogP contribution in [0.5, 0.6) is 6.01 Å². The Bertz CT molecular complexity index is 862. The van der Waals surface area contributed by atoms with Crippen molar-refractivity contribution in [3.8, 4) is 6.01 Å². The van der Waals surface area contributed by atoms with Crippen molar-refractivity contribution in [3.63, 3.8) is 0 Å². The van der Waals surface area contributed by atoms with Gasteiger partial charge in [-0.25, -0.2) is 13.4 Å². The van der Waals surface area contributed by atoms with Crippen LogP contribution in [0.3, 0.4) is 0 Å². The van der Waals surface area contributed by atoms with E-state index in [1.807, 2.05) is 0 Å². The van der Waals surface area contributed by atoms with E-state index in [1.165, 1.54) is 28.8 Å². The van der Waals surface area contributed by atoms with E-state index in [1.54, 1.807) is 0 Å². The first-order valence-corrected chi connectivity index (χ1v) is 9.18. The van der Waals surface area contributed by atoms with Crippen LogP contribution in [0, 0.1) is 0 Å². The topological polar surface area (TPSA) is 85.3 Å². The summed E-state index contributed by atoms with van der Waals surface area (Å²) in [6, 6.07) is 3.27. The number of halogens is 3. The molecular formula is C15H15F3N4O3S. The summed E-state index contributed by atoms with van der Waals surface area (Å²) in [4.78, 5) is 10.9. The first-order chi connectivity index (χ1) is 12.3. The molecule has 0 spiro atoms. The molecule has 0 bridgehead atoms. The predicted molar refractivity (Wildman–Crippen MR) is 83.7 cm³/mol. The maximum absolute atomic E-state index is 12.7. The van der Waals surface area contributed by atoms with Crippen LogP contribution < -0.4 is 4.74 Å². The molecule has 11 heteroatoms. The van der Waals surface area contributed by atoms with Gasteiger partial charge in [0.25, 0.3) is 0 Å². The summed E-state index contributed by atoms with van der Waals surface area (Å²) in [7, 11) is -3.75. The lowest BCUT2D eigenvalue weighted by atomic mass is 10.1. The molecule has 0 saturated carbocycles. The number of sulfonamides is 1. The third-order valence-electron chi connectivity index (χ3n) is 3.81. The predicted octanol–water partition coefficient (Wildman–Crippen LogP) is 2.12. The molecule has 1 unspecified atom stereocenters. The maximum atomic E-state index is 12.7. The molecule has 1 atom stereocenters. The zero-order valence-corrected chi connectivity index (χ0v) is 14.2. The number of hydrogen-bond donors (Lipinski definition) is 0. The number of pyridine rings is 1. The monoisotopic (exact) mass is 388 g/mol. The van der Waals surface area contributed by atoms with Crippen LogP contribution in [0.1, 0.15) is 18.5 Å². The van der Waals surface area contributed by atoms with Gasteiger partial charge in [0.05, 0.1) is 6.54 Å². The van der Waals surface area contributed by atoms with Crippen LogP contribution in [0.4, 0.5) is 13.2 Å². The minimum atomic E-state index is -4.61. The van der Waals surface area contributed by atoms with Gasteiger partial charge in [-0.3, -0.25) is 4.98 Å². The Morgan fingerprint density at radius 2 is 2.04 bits per heavy atom. The van der Waals surface area contributed by atoms with Crippen molar-refractivity contribution in [2.45, 2.75) is 30.0 Å². The molecule has 26 heavy (non-hydrogen) atoms. The van der Waals surface area contributed by atoms with Gasteiger partial charge in [-0.05, 0) is 31.0 Å². The van der Waals surface area contributed by atoms with Gasteiger partial charge in [-0.15, -0.1) is 0 Å². The van der Waals surface area contributed by atoms with E-state index in [4.69, 9.17) is 4.74 Å². The Balaban J connectivity index is 1.74. The summed E-state index contributed by atoms with van der Waals surface area (Å²) < 4.78 is 70.0. The first-order valence-electron chi connectivity index (χ1n) is 7.74. The zero-order valence-electron chi connectivity index (χ0n) is 13.4. The molecule has 1 aliphatic heterocycles. The van der Waals surface area contributed by atoms with Crippen LogP contribution >= 0.6 is 0 Å². The molecule has 0 aliphatic carbocycles. The fourth-order valence-corrected chi connectivity index (χ4v) is 4.05. The molecule has 3 heterocycles. The second kappa shape index (κ2) is 7.16. The molecular weight excluding hydrogens is 373 g/mol. The number of hydrogen-bond acceptors (Lipinski definition) is 6. The van der Waals surface area contributed by atoms with Gasteiger partial charge in [-0.2, -0.15) is 22.5 Å². The number of nitrogens with zero attached hydrogens (tertiary/aromatic N) is 4. The van der Waals surface area contributed by atoms with E-state index in [0.29, 0.717) is 19.4 Å². The van der Waals surface area contributed by atoms with E-state index in [9.17, 15) is 21.6 Å². The average molecular weight is 388 g/mol. The summed E-state index contributed by atoms with van der Waals surface area (Å²) in [5.41, 5.74) is -1.11. The molecule has 2 aromatic rings. The lowest BCUT2D eigenvalue weighted by Crippen LogP contribution is -2.44. The van der Waals surface area contributed by atoms with Crippen molar-refractivity contribution in [1.29, 1.82) is 0 Å². The standard InChI is InChI=1S/C15H15F3N4O3S/c16-15(17,18)13-5-7-20-14(21-13)25-11-3-2-8-22(10-11)26(23,24)12-4-1-6-19-9-12/h1,4-7,9,11H,2-3,8,10H2. The summed E-state index contributed by atoms with van der Waals surface area (Å²) in [5.74, 6) is 0. The van der Waals surface area contributed by atoms with E-state index >= 15 is 0 Å². The van der Waals surface area contributed by atoms with E-state index < -0.39 is 34.0 Å². The minimum Gasteiger partial charge on any atom is -0.459 e. The molecule has 0 amide bonds. The lowest BCUT2D eigenvalue weighted by molar-refractivity contribution is -0.141. The number of piperidine rings is 1. The first kappa shape index (κ1) is 18.5. The van der Waals surface area contributed by atoms with Gasteiger partial charge < -0.3 is 4.74 Å². The van der Waals surface area contributed by atoms with Gasteiger partial charge in [-0.1, -0.05) is 0 Å². The molecule has 1 saturated heterocycles. The molecule has 1 aliphatic rings. The van der Waals surface area contributed by atoms with Crippen LogP contribution in [0.15, 0.2) is 41.7 Å². The smallest absolute Gasteiger partial charge is 0.433 e. The van der Waals surface area contributed by atoms with Gasteiger partial charge in [0.15, 0.2) is 5.69 Å². The van der Waals surface area contributed by atoms with E-state index in [-0.39, 0.29) is 11.4 Å². The quantitative estimate of drug-likeness (QED) is 0.798. The van der Waals surface area contributed by atoms with Crippen LogP contribution in [-0.4, -0.2) is 46.9 Å². The molecule has 1 fully saturated rings. The Labute approximate surface area is 147 Å². The summed E-state index contributed by atoms with van der Waals surface area (Å²) in [6.45, 7) is 0.289. The average Bonchev–Trinajstić information content (AvgIpc) is 2.62. The molecule has 0 radical (unpaired) electrons. The van der Waals surface area contributed by atoms with Crippen molar-refractivity contribution in [1.82, 2.24) is 19.3 Å². The second-order valence-electron chi connectivity index (χ2n) is 5.66. The van der Waals surface area contributed by atoms with Crippen LogP contribution in [0.25, 0.3) is 0 Å². The molecule has 0 aromatic carbocycles. The second-order valence-corrected chi connectivity index (χ2v) is 7.59. The Morgan fingerprint density at radius 1 is 1.23 bits per heavy atom. The van der Waals surface area contributed by atoms with Gasteiger partial charge in [0.2, 0.25) is 10.0 Å². The van der Waals surface area contributed by atoms with Crippen molar-refractivity contribution >= 4 is 10.0 Å². The summed E-state index contributed by atoms with van der Waals surface area (Å²) in [5, 5.41) is 0. The number of ether oxygens (including phenoxy) is 1. The number of alkyl halides is 3. The van der Waals surface area contributed by atoms with Crippen LogP contribution in [-0.2, 0) is 16.2 Å².